The number of benzene rings is 2. The molecule has 0 saturated heterocycles. The zero-order valence-corrected chi connectivity index (χ0v) is 15.9. The fourth-order valence-electron chi connectivity index (χ4n) is 3.41. The average Bonchev–Trinajstić information content (AvgIpc) is 2.78. The summed E-state index contributed by atoms with van der Waals surface area (Å²) in [5.74, 6) is -0.574. The van der Waals surface area contributed by atoms with Gasteiger partial charge in [0, 0.05) is 12.3 Å². The van der Waals surface area contributed by atoms with Crippen molar-refractivity contribution in [2.24, 2.45) is 4.99 Å². The first-order valence-corrected chi connectivity index (χ1v) is 9.16. The van der Waals surface area contributed by atoms with Crippen LogP contribution in [0.2, 0.25) is 0 Å². The lowest BCUT2D eigenvalue weighted by atomic mass is 10.0. The molecule has 0 aliphatic carbocycles. The zero-order chi connectivity index (χ0) is 21.1. The van der Waals surface area contributed by atoms with Crippen LogP contribution in [-0.4, -0.2) is 27.8 Å². The first kappa shape index (κ1) is 19.2. The van der Waals surface area contributed by atoms with Gasteiger partial charge < -0.3 is 0 Å². The molecule has 0 amide bonds. The molecule has 2 heterocycles. The highest BCUT2D eigenvalue weighted by Gasteiger charge is 2.17. The zero-order valence-electron chi connectivity index (χ0n) is 15.9. The van der Waals surface area contributed by atoms with Crippen LogP contribution in [0.4, 0.5) is 4.39 Å². The van der Waals surface area contributed by atoms with E-state index in [4.69, 9.17) is 0 Å². The van der Waals surface area contributed by atoms with Gasteiger partial charge in [0.15, 0.2) is 0 Å². The highest BCUT2D eigenvalue weighted by atomic mass is 19.1. The van der Waals surface area contributed by atoms with Crippen molar-refractivity contribution in [2.75, 3.05) is 6.54 Å². The normalized spacial score (nSPS) is 11.7. The van der Waals surface area contributed by atoms with Crippen molar-refractivity contribution in [1.82, 2.24) is 14.5 Å². The van der Waals surface area contributed by atoms with Gasteiger partial charge in [-0.15, -0.1) is 0 Å². The highest BCUT2D eigenvalue weighted by molar-refractivity contribution is 5.83. The lowest BCUT2D eigenvalue weighted by Gasteiger charge is -2.19. The summed E-state index contributed by atoms with van der Waals surface area (Å²) < 4.78 is 14.9. The van der Waals surface area contributed by atoms with Gasteiger partial charge in [0.05, 0.1) is 41.4 Å². The van der Waals surface area contributed by atoms with Crippen LogP contribution in [0.25, 0.3) is 22.0 Å². The topological polar surface area (TPSA) is 83.9 Å². The quantitative estimate of drug-likeness (QED) is 0.379. The van der Waals surface area contributed by atoms with Crippen LogP contribution in [0.1, 0.15) is 17.2 Å². The Hall–Kier alpha value is -4.18. The second kappa shape index (κ2) is 8.05. The molecule has 0 aliphatic heterocycles. The summed E-state index contributed by atoms with van der Waals surface area (Å²) in [6.07, 6.45) is 2.86. The third-order valence-electron chi connectivity index (χ3n) is 4.88. The van der Waals surface area contributed by atoms with E-state index < -0.39 is 12.0 Å². The monoisotopic (exact) mass is 397 g/mol. The molecular formula is C23H16FN5O. The molecule has 4 aromatic rings. The molecule has 1 unspecified atom stereocenters. The largest absolute Gasteiger partial charge is 0.298 e. The summed E-state index contributed by atoms with van der Waals surface area (Å²) in [5, 5.41) is 9.62. The summed E-state index contributed by atoms with van der Waals surface area (Å²) in [6.45, 7) is 3.81. The molecule has 30 heavy (non-hydrogen) atoms. The number of pyridine rings is 1. The standard InChI is InChI=1S/C23H16FN5O/c1-26-13-21(18-4-2-3-15(9-18)12-25)29-14-28-20-10-16(5-6-19(20)23(29)30)17-7-8-27-22(24)11-17/h2-11,14,21H,1,13H2. The Balaban J connectivity index is 1.82. The van der Waals surface area contributed by atoms with E-state index in [2.05, 4.69) is 27.7 Å². The van der Waals surface area contributed by atoms with Crippen molar-refractivity contribution in [3.63, 3.8) is 0 Å². The Morgan fingerprint density at radius 3 is 2.73 bits per heavy atom. The van der Waals surface area contributed by atoms with Crippen LogP contribution in [0, 0.1) is 17.3 Å². The van der Waals surface area contributed by atoms with Crippen LogP contribution >= 0.6 is 0 Å². The number of fused-ring (bicyclic) bond motifs is 1. The molecule has 0 spiro atoms. The fourth-order valence-corrected chi connectivity index (χ4v) is 3.41. The summed E-state index contributed by atoms with van der Waals surface area (Å²) in [6, 6.07) is 16.9. The molecule has 0 saturated carbocycles. The second-order valence-corrected chi connectivity index (χ2v) is 6.72. The van der Waals surface area contributed by atoms with E-state index in [1.165, 1.54) is 23.2 Å². The van der Waals surface area contributed by atoms with Gasteiger partial charge in [0.2, 0.25) is 5.95 Å². The first-order valence-electron chi connectivity index (χ1n) is 9.16. The number of rotatable bonds is 5. The molecule has 2 aromatic heterocycles. The van der Waals surface area contributed by atoms with E-state index in [1.807, 2.05) is 6.07 Å². The maximum Gasteiger partial charge on any atom is 0.261 e. The minimum atomic E-state index is -0.574. The number of halogens is 1. The number of aliphatic imine (C=N–C) groups is 1. The van der Waals surface area contributed by atoms with E-state index in [-0.39, 0.29) is 12.1 Å². The molecule has 0 N–H and O–H groups in total. The molecule has 6 nitrogen and oxygen atoms in total. The number of hydrogen-bond acceptors (Lipinski definition) is 5. The van der Waals surface area contributed by atoms with Crippen LogP contribution in [-0.2, 0) is 0 Å². The van der Waals surface area contributed by atoms with Crippen molar-refractivity contribution in [2.45, 2.75) is 6.04 Å². The maximum atomic E-state index is 13.4. The van der Waals surface area contributed by atoms with Gasteiger partial charge >= 0.3 is 0 Å². The van der Waals surface area contributed by atoms with Crippen molar-refractivity contribution >= 4 is 17.6 Å². The fraction of sp³-hybridized carbons (Fsp3) is 0.0870. The minimum Gasteiger partial charge on any atom is -0.298 e. The maximum absolute atomic E-state index is 13.4. The number of hydrogen-bond donors (Lipinski definition) is 0. The lowest BCUT2D eigenvalue weighted by Crippen LogP contribution is -2.27. The van der Waals surface area contributed by atoms with Gasteiger partial charge in [-0.2, -0.15) is 9.65 Å². The first-order chi connectivity index (χ1) is 14.6. The summed E-state index contributed by atoms with van der Waals surface area (Å²) in [4.78, 5) is 25.2. The van der Waals surface area contributed by atoms with Gasteiger partial charge in [0.25, 0.3) is 5.56 Å². The van der Waals surface area contributed by atoms with E-state index in [0.717, 1.165) is 11.1 Å². The van der Waals surface area contributed by atoms with Crippen LogP contribution < -0.4 is 5.56 Å². The Morgan fingerprint density at radius 1 is 1.13 bits per heavy atom. The van der Waals surface area contributed by atoms with Gasteiger partial charge in [-0.25, -0.2) is 9.97 Å². The number of nitrogens with zero attached hydrogens (tertiary/aromatic N) is 5. The van der Waals surface area contributed by atoms with Gasteiger partial charge in [0.1, 0.15) is 0 Å². The number of nitriles is 1. The van der Waals surface area contributed by atoms with E-state index >= 15 is 0 Å². The Morgan fingerprint density at radius 2 is 1.97 bits per heavy atom. The third kappa shape index (κ3) is 3.59. The molecular weight excluding hydrogens is 381 g/mol. The molecule has 0 aliphatic rings. The van der Waals surface area contributed by atoms with Gasteiger partial charge in [-0.1, -0.05) is 18.2 Å². The molecule has 146 valence electrons. The highest BCUT2D eigenvalue weighted by Crippen LogP contribution is 2.24. The van der Waals surface area contributed by atoms with Gasteiger partial charge in [-0.3, -0.25) is 14.4 Å². The molecule has 7 heteroatoms. The minimum absolute atomic E-state index is 0.233. The Kier molecular flexibility index (Phi) is 5.14. The second-order valence-electron chi connectivity index (χ2n) is 6.72. The predicted molar refractivity (Wildman–Crippen MR) is 113 cm³/mol. The molecule has 1 atom stereocenters. The van der Waals surface area contributed by atoms with E-state index in [9.17, 15) is 14.4 Å². The molecule has 2 aromatic carbocycles. The molecule has 0 bridgehead atoms. The summed E-state index contributed by atoms with van der Waals surface area (Å²) in [7, 11) is 0. The lowest BCUT2D eigenvalue weighted by molar-refractivity contribution is 0.572. The van der Waals surface area contributed by atoms with Crippen molar-refractivity contribution in [1.29, 1.82) is 5.26 Å². The molecule has 4 rings (SSSR count). The number of aromatic nitrogens is 3. The van der Waals surface area contributed by atoms with E-state index in [1.54, 1.807) is 42.5 Å². The van der Waals surface area contributed by atoms with Gasteiger partial charge in [-0.05, 0) is 53.7 Å². The SMILES string of the molecule is C=NCC(c1cccc(C#N)c1)n1cnc2cc(-c3ccnc(F)c3)ccc2c1=O. The van der Waals surface area contributed by atoms with Crippen molar-refractivity contribution in [3.05, 3.63) is 94.5 Å². The van der Waals surface area contributed by atoms with Crippen LogP contribution in [0.3, 0.4) is 0 Å². The van der Waals surface area contributed by atoms with E-state index in [0.29, 0.717) is 22.0 Å². The average molecular weight is 397 g/mol. The molecule has 0 fully saturated rings. The smallest absolute Gasteiger partial charge is 0.261 e. The molecule has 0 radical (unpaired) electrons. The Bertz CT molecular complexity index is 1360. The summed E-state index contributed by atoms with van der Waals surface area (Å²) >= 11 is 0. The van der Waals surface area contributed by atoms with Crippen molar-refractivity contribution < 1.29 is 4.39 Å². The van der Waals surface area contributed by atoms with Crippen LogP contribution in [0.5, 0.6) is 0 Å². The Labute approximate surface area is 171 Å². The summed E-state index contributed by atoms with van der Waals surface area (Å²) in [5.41, 5.74) is 2.92. The third-order valence-corrected chi connectivity index (χ3v) is 4.88. The van der Waals surface area contributed by atoms with Crippen molar-refractivity contribution in [3.8, 4) is 17.2 Å². The predicted octanol–water partition coefficient (Wildman–Crippen LogP) is 3.76. The van der Waals surface area contributed by atoms with Crippen LogP contribution in [0.15, 0.2) is 76.9 Å².